The molecule has 3 N–H and O–H groups in total. The second-order valence-electron chi connectivity index (χ2n) is 15.7. The molecule has 14 heteroatoms. The third-order valence-electron chi connectivity index (χ3n) is 11.1. The first-order valence-electron chi connectivity index (χ1n) is 18.7. The Balaban J connectivity index is 1.32. The summed E-state index contributed by atoms with van der Waals surface area (Å²) in [7, 11) is 3.89. The predicted molar refractivity (Wildman–Crippen MR) is 205 cm³/mol. The van der Waals surface area contributed by atoms with Gasteiger partial charge in [-0.2, -0.15) is 0 Å². The quantitative estimate of drug-likeness (QED) is 0.292. The van der Waals surface area contributed by atoms with Gasteiger partial charge in [0.2, 0.25) is 0 Å². The monoisotopic (exact) mass is 742 g/mol. The summed E-state index contributed by atoms with van der Waals surface area (Å²) in [5, 5.41) is 5.36. The number of hydrogen-bond acceptors (Lipinski definition) is 12. The molecule has 3 aromatic heterocycles. The number of carbonyl (C=O) groups is 2. The second kappa shape index (κ2) is 14.3. The van der Waals surface area contributed by atoms with Crippen molar-refractivity contribution >= 4 is 39.8 Å². The zero-order valence-electron chi connectivity index (χ0n) is 31.3. The molecule has 1 aromatic carbocycles. The van der Waals surface area contributed by atoms with Crippen molar-refractivity contribution in [2.45, 2.75) is 71.2 Å². The van der Waals surface area contributed by atoms with Crippen LogP contribution >= 0.6 is 11.3 Å². The summed E-state index contributed by atoms with van der Waals surface area (Å²) in [6.45, 7) is 12.0. The number of benzene rings is 1. The van der Waals surface area contributed by atoms with Gasteiger partial charge < -0.3 is 34.3 Å². The van der Waals surface area contributed by atoms with Crippen LogP contribution in [-0.2, 0) is 38.4 Å². The lowest BCUT2D eigenvalue weighted by molar-refractivity contribution is -0.154. The van der Waals surface area contributed by atoms with Crippen molar-refractivity contribution in [2.24, 2.45) is 11.1 Å². The number of methoxy groups -OCH3 is 1. The summed E-state index contributed by atoms with van der Waals surface area (Å²) in [4.78, 5) is 41.8. The van der Waals surface area contributed by atoms with E-state index in [9.17, 15) is 9.59 Å². The van der Waals surface area contributed by atoms with Gasteiger partial charge in [-0.25, -0.2) is 10.4 Å². The van der Waals surface area contributed by atoms with E-state index in [0.29, 0.717) is 45.4 Å². The Kier molecular flexibility index (Phi) is 9.69. The molecule has 1 amide bonds. The van der Waals surface area contributed by atoms with Crippen molar-refractivity contribution in [2.75, 3.05) is 65.0 Å². The average molecular weight is 743 g/mol. The van der Waals surface area contributed by atoms with Crippen LogP contribution in [0, 0.1) is 5.41 Å². The van der Waals surface area contributed by atoms with Gasteiger partial charge in [-0.3, -0.25) is 19.6 Å². The smallest absolute Gasteiger partial charge is 0.324 e. The molecule has 0 unspecified atom stereocenters. The Bertz CT molecular complexity index is 2040. The summed E-state index contributed by atoms with van der Waals surface area (Å²) >= 11 is 1.50. The van der Waals surface area contributed by atoms with E-state index in [0.717, 1.165) is 87.3 Å². The number of hydrogen-bond donors (Lipinski definition) is 2. The molecule has 0 aliphatic carbocycles. The van der Waals surface area contributed by atoms with Crippen molar-refractivity contribution in [3.8, 4) is 28.3 Å². The third-order valence-corrected chi connectivity index (χ3v) is 12.0. The van der Waals surface area contributed by atoms with E-state index in [2.05, 4.69) is 58.9 Å². The summed E-state index contributed by atoms with van der Waals surface area (Å²) in [5.41, 5.74) is 17.1. The number of thiazole rings is 1. The SMILES string of the molecule is CO[C@@H](C)c1ncc(N2CCN(C)CC2)cc1-c1c2c3cc(cc4c3n1CCO4)-c1csc(n1)C[C@H](N)C(=O)N1CCC[C@H](N1)C(=O)OCC(C)(C)C2. The molecule has 4 aromatic rings. The zero-order valence-corrected chi connectivity index (χ0v) is 32.1. The number of nitrogens with zero attached hydrogens (tertiary/aromatic N) is 6. The molecule has 3 atom stereocenters. The van der Waals surface area contributed by atoms with E-state index in [1.807, 2.05) is 18.5 Å². The second-order valence-corrected chi connectivity index (χ2v) is 16.6. The van der Waals surface area contributed by atoms with Gasteiger partial charge in [0.15, 0.2) is 0 Å². The Labute approximate surface area is 314 Å². The largest absolute Gasteiger partial charge is 0.489 e. The maximum Gasteiger partial charge on any atom is 0.324 e. The number of esters is 1. The molecular weight excluding hydrogens is 693 g/mol. The van der Waals surface area contributed by atoms with Crippen LogP contribution < -0.4 is 20.8 Å². The summed E-state index contributed by atoms with van der Waals surface area (Å²) in [5.74, 6) is 0.174. The Hall–Kier alpha value is -4.08. The van der Waals surface area contributed by atoms with Crippen molar-refractivity contribution in [1.82, 2.24) is 29.9 Å². The maximum atomic E-state index is 13.5. The standard InChI is InChI=1S/C39H50N8O5S/c1-23(50-5)34-27(17-25(20-41-34)45-11-9-44(4)10-12-45)35-28-19-39(2,3)22-52-38(49)30-7-6-8-47(43-30)37(48)29(40)18-33-42-31(21-53-33)24-15-26(28)36-32(16-24)51-14-13-46(35)36/h15-17,20-21,23,29-30,43H,6-14,18-19,22,40H2,1-5H3/t23-,29-,30-/m0/s1. The highest BCUT2D eigenvalue weighted by Gasteiger charge is 2.35. The van der Waals surface area contributed by atoms with Crippen LogP contribution in [-0.4, -0.2) is 108 Å². The zero-order chi connectivity index (χ0) is 37.0. The Morgan fingerprint density at radius 1 is 1.09 bits per heavy atom. The molecule has 6 bridgehead atoms. The number of nitrogens with one attached hydrogen (secondary N) is 1. The molecule has 53 heavy (non-hydrogen) atoms. The fraction of sp³-hybridized carbons (Fsp3) is 0.538. The lowest BCUT2D eigenvalue weighted by atomic mass is 9.84. The molecule has 7 heterocycles. The van der Waals surface area contributed by atoms with Crippen molar-refractivity contribution in [1.29, 1.82) is 0 Å². The Morgan fingerprint density at radius 2 is 1.91 bits per heavy atom. The molecule has 0 spiro atoms. The lowest BCUT2D eigenvalue weighted by Crippen LogP contribution is -2.59. The number of fused-ring (bicyclic) bond motifs is 6. The van der Waals surface area contributed by atoms with Crippen molar-refractivity contribution < 1.29 is 23.8 Å². The number of cyclic esters (lactones) is 1. The first kappa shape index (κ1) is 35.9. The molecule has 8 rings (SSSR count). The molecule has 0 saturated carbocycles. The number of hydrazine groups is 1. The van der Waals surface area contributed by atoms with Crippen LogP contribution in [0.2, 0.25) is 0 Å². The number of piperazine rings is 1. The minimum atomic E-state index is -0.803. The van der Waals surface area contributed by atoms with Gasteiger partial charge in [0.1, 0.15) is 18.4 Å². The fourth-order valence-electron chi connectivity index (χ4n) is 8.09. The number of rotatable bonds is 4. The van der Waals surface area contributed by atoms with Gasteiger partial charge in [0.05, 0.1) is 64.8 Å². The summed E-state index contributed by atoms with van der Waals surface area (Å²) in [6.07, 6.45) is 3.90. The maximum absolute atomic E-state index is 13.5. The summed E-state index contributed by atoms with van der Waals surface area (Å²) < 4.78 is 20.8. The van der Waals surface area contributed by atoms with E-state index in [1.54, 1.807) is 7.11 Å². The number of anilines is 1. The van der Waals surface area contributed by atoms with Crippen LogP contribution in [0.15, 0.2) is 29.8 Å². The molecule has 4 aliphatic rings. The number of carbonyl (C=O) groups excluding carboxylic acids is 2. The fourth-order valence-corrected chi connectivity index (χ4v) is 8.95. The van der Waals surface area contributed by atoms with Gasteiger partial charge in [-0.05, 0) is 57.0 Å². The van der Waals surface area contributed by atoms with Crippen LogP contribution in [0.5, 0.6) is 5.75 Å². The summed E-state index contributed by atoms with van der Waals surface area (Å²) in [6, 6.07) is 5.16. The number of aromatic nitrogens is 3. The van der Waals surface area contributed by atoms with Gasteiger partial charge >= 0.3 is 5.97 Å². The first-order chi connectivity index (χ1) is 25.5. The normalized spacial score (nSPS) is 23.1. The highest BCUT2D eigenvalue weighted by molar-refractivity contribution is 7.10. The van der Waals surface area contributed by atoms with Gasteiger partial charge in [-0.1, -0.05) is 13.8 Å². The lowest BCUT2D eigenvalue weighted by Gasteiger charge is -2.35. The van der Waals surface area contributed by atoms with Crippen molar-refractivity contribution in [3.05, 3.63) is 46.0 Å². The van der Waals surface area contributed by atoms with Crippen LogP contribution in [0.4, 0.5) is 5.69 Å². The van der Waals surface area contributed by atoms with Gasteiger partial charge in [0, 0.05) is 73.6 Å². The van der Waals surface area contributed by atoms with E-state index >= 15 is 0 Å². The minimum absolute atomic E-state index is 0.197. The molecule has 0 radical (unpaired) electrons. The molecule has 4 aliphatic heterocycles. The predicted octanol–water partition coefficient (Wildman–Crippen LogP) is 4.17. The van der Waals surface area contributed by atoms with Crippen molar-refractivity contribution in [3.63, 3.8) is 0 Å². The van der Waals surface area contributed by atoms with E-state index in [1.165, 1.54) is 16.3 Å². The first-order valence-corrected chi connectivity index (χ1v) is 19.6. The van der Waals surface area contributed by atoms with E-state index in [-0.39, 0.29) is 24.6 Å². The molecule has 13 nitrogen and oxygen atoms in total. The van der Waals surface area contributed by atoms with E-state index in [4.69, 9.17) is 29.9 Å². The number of likely N-dealkylation sites (N-methyl/N-ethyl adjacent to an activating group) is 1. The van der Waals surface area contributed by atoms with Crippen LogP contribution in [0.3, 0.4) is 0 Å². The van der Waals surface area contributed by atoms with Crippen LogP contribution in [0.25, 0.3) is 33.4 Å². The van der Waals surface area contributed by atoms with E-state index < -0.39 is 17.5 Å². The minimum Gasteiger partial charge on any atom is -0.489 e. The van der Waals surface area contributed by atoms with Crippen LogP contribution in [0.1, 0.15) is 56.0 Å². The van der Waals surface area contributed by atoms with Gasteiger partial charge in [-0.15, -0.1) is 11.3 Å². The molecule has 2 saturated heterocycles. The molecule has 282 valence electrons. The molecular formula is C39H50N8O5S. The number of nitrogens with two attached hydrogens (primary N) is 1. The van der Waals surface area contributed by atoms with Gasteiger partial charge in [0.25, 0.3) is 5.91 Å². The topological polar surface area (TPSA) is 140 Å². The Morgan fingerprint density at radius 3 is 2.70 bits per heavy atom. The number of amides is 1. The average Bonchev–Trinajstić information content (AvgIpc) is 3.75. The number of pyridine rings is 1. The molecule has 2 fully saturated rings. The number of ether oxygens (including phenoxy) is 3. The highest BCUT2D eigenvalue weighted by atomic mass is 32.1. The highest BCUT2D eigenvalue weighted by Crippen LogP contribution is 2.47. The third kappa shape index (κ3) is 6.91.